The summed E-state index contributed by atoms with van der Waals surface area (Å²) in [7, 11) is 0. The van der Waals surface area contributed by atoms with Crippen LogP contribution in [0.15, 0.2) is 16.8 Å². The highest BCUT2D eigenvalue weighted by Gasteiger charge is 2.29. The molecule has 0 radical (unpaired) electrons. The predicted molar refractivity (Wildman–Crippen MR) is 77.3 cm³/mol. The van der Waals surface area contributed by atoms with E-state index in [-0.39, 0.29) is 18.2 Å². The number of hydrogen-bond acceptors (Lipinski definition) is 3. The molecule has 0 saturated carbocycles. The smallest absolute Gasteiger partial charge is 0.167 e. The summed E-state index contributed by atoms with van der Waals surface area (Å²) in [5, 5.41) is 14.0. The lowest BCUT2D eigenvalue weighted by Crippen LogP contribution is -2.55. The molecule has 1 rings (SSSR count). The lowest BCUT2D eigenvalue weighted by atomic mass is 10.0. The minimum Gasteiger partial charge on any atom is -0.394 e. The summed E-state index contributed by atoms with van der Waals surface area (Å²) in [6.45, 7) is 6.18. The van der Waals surface area contributed by atoms with E-state index in [1.54, 1.807) is 11.3 Å². The van der Waals surface area contributed by atoms with E-state index in [1.165, 1.54) is 5.56 Å². The first-order chi connectivity index (χ1) is 7.86. The van der Waals surface area contributed by atoms with Gasteiger partial charge in [-0.3, -0.25) is 0 Å². The van der Waals surface area contributed by atoms with Gasteiger partial charge in [0.15, 0.2) is 5.11 Å². The number of rotatable bonds is 4. The van der Waals surface area contributed by atoms with E-state index in [2.05, 4.69) is 11.4 Å². The maximum atomic E-state index is 9.55. The van der Waals surface area contributed by atoms with Crippen LogP contribution < -0.4 is 5.73 Å². The van der Waals surface area contributed by atoms with Crippen molar-refractivity contribution in [1.29, 1.82) is 0 Å². The number of nitrogens with zero attached hydrogens (tertiary/aromatic N) is 1. The van der Waals surface area contributed by atoms with Crippen LogP contribution in [-0.4, -0.2) is 33.3 Å². The largest absolute Gasteiger partial charge is 0.394 e. The highest BCUT2D eigenvalue weighted by Crippen LogP contribution is 2.20. The fraction of sp³-hybridized carbons (Fsp3) is 0.583. The molecule has 17 heavy (non-hydrogen) atoms. The summed E-state index contributed by atoms with van der Waals surface area (Å²) in [6.07, 6.45) is 0.759. The van der Waals surface area contributed by atoms with Crippen molar-refractivity contribution in [2.45, 2.75) is 38.8 Å². The van der Waals surface area contributed by atoms with Crippen molar-refractivity contribution < 1.29 is 5.11 Å². The number of nitrogens with two attached hydrogens (primary N) is 1. The van der Waals surface area contributed by atoms with Gasteiger partial charge in [-0.15, -0.1) is 0 Å². The Morgan fingerprint density at radius 2 is 2.24 bits per heavy atom. The molecule has 0 unspecified atom stereocenters. The van der Waals surface area contributed by atoms with Crippen LogP contribution in [0.3, 0.4) is 0 Å². The van der Waals surface area contributed by atoms with Gasteiger partial charge in [-0.1, -0.05) is 0 Å². The van der Waals surface area contributed by atoms with Crippen molar-refractivity contribution in [3.8, 4) is 0 Å². The van der Waals surface area contributed by atoms with Gasteiger partial charge in [-0.25, -0.2) is 0 Å². The Bertz CT molecular complexity index is 357. The third-order valence-electron chi connectivity index (χ3n) is 2.59. The summed E-state index contributed by atoms with van der Waals surface area (Å²) >= 11 is 6.75. The minimum atomic E-state index is -0.185. The molecule has 0 aliphatic rings. The van der Waals surface area contributed by atoms with E-state index in [1.807, 2.05) is 31.1 Å². The second-order valence-corrected chi connectivity index (χ2v) is 6.25. The summed E-state index contributed by atoms with van der Waals surface area (Å²) in [6, 6.07) is 2.00. The normalized spacial score (nSPS) is 13.4. The molecule has 5 heteroatoms. The molecule has 0 aliphatic carbocycles. The molecule has 3 nitrogen and oxygen atoms in total. The van der Waals surface area contributed by atoms with Crippen LogP contribution in [0.4, 0.5) is 0 Å². The average Bonchev–Trinajstić information content (AvgIpc) is 2.66. The van der Waals surface area contributed by atoms with E-state index in [4.69, 9.17) is 18.0 Å². The number of thiocarbonyl (C=S) groups is 1. The Morgan fingerprint density at radius 3 is 2.59 bits per heavy atom. The highest BCUT2D eigenvalue weighted by atomic mass is 32.1. The monoisotopic (exact) mass is 272 g/mol. The molecule has 3 N–H and O–H groups in total. The molecule has 1 heterocycles. The van der Waals surface area contributed by atoms with Gasteiger partial charge in [0.2, 0.25) is 0 Å². The van der Waals surface area contributed by atoms with E-state index in [9.17, 15) is 5.11 Å². The van der Waals surface area contributed by atoms with Crippen molar-refractivity contribution in [2.75, 3.05) is 6.61 Å². The van der Waals surface area contributed by atoms with Gasteiger partial charge in [0.05, 0.1) is 12.6 Å². The number of thiophene rings is 1. The van der Waals surface area contributed by atoms with Crippen molar-refractivity contribution in [1.82, 2.24) is 4.90 Å². The predicted octanol–water partition coefficient (Wildman–Crippen LogP) is 2.00. The molecule has 1 atom stereocenters. The molecule has 0 fully saturated rings. The molecule has 0 bridgehead atoms. The number of hydrogen-bond donors (Lipinski definition) is 2. The topological polar surface area (TPSA) is 49.5 Å². The van der Waals surface area contributed by atoms with Crippen LogP contribution >= 0.6 is 23.6 Å². The molecular weight excluding hydrogens is 252 g/mol. The Kier molecular flexibility index (Phi) is 4.91. The molecule has 96 valence electrons. The van der Waals surface area contributed by atoms with E-state index < -0.39 is 0 Å². The standard InChI is InChI=1S/C12H20N2OS2/c1-12(2,3)14(11(13)16)10(7-15)6-9-4-5-17-8-9/h4-5,8,10,15H,6-7H2,1-3H3,(H2,13,16)/t10-/m1/s1. The second-order valence-electron chi connectivity index (χ2n) is 5.05. The maximum absolute atomic E-state index is 9.55. The van der Waals surface area contributed by atoms with Crippen LogP contribution in [0.25, 0.3) is 0 Å². The van der Waals surface area contributed by atoms with Crippen LogP contribution in [0, 0.1) is 0 Å². The Morgan fingerprint density at radius 1 is 1.59 bits per heavy atom. The third kappa shape index (κ3) is 3.94. The van der Waals surface area contributed by atoms with Gasteiger partial charge in [0.25, 0.3) is 0 Å². The molecule has 0 amide bonds. The van der Waals surface area contributed by atoms with Crippen molar-refractivity contribution in [3.63, 3.8) is 0 Å². The summed E-state index contributed by atoms with van der Waals surface area (Å²) < 4.78 is 0. The lowest BCUT2D eigenvalue weighted by molar-refractivity contribution is 0.115. The minimum absolute atomic E-state index is 0.0461. The quantitative estimate of drug-likeness (QED) is 0.823. The zero-order valence-corrected chi connectivity index (χ0v) is 12.1. The van der Waals surface area contributed by atoms with Gasteiger partial charge in [-0.05, 0) is 61.8 Å². The Hall–Kier alpha value is -0.650. The van der Waals surface area contributed by atoms with Crippen molar-refractivity contribution in [2.24, 2.45) is 5.73 Å². The van der Waals surface area contributed by atoms with Crippen LogP contribution in [0.1, 0.15) is 26.3 Å². The average molecular weight is 272 g/mol. The van der Waals surface area contributed by atoms with Gasteiger partial charge in [0.1, 0.15) is 0 Å². The molecule has 1 aromatic rings. The third-order valence-corrected chi connectivity index (χ3v) is 3.52. The van der Waals surface area contributed by atoms with E-state index >= 15 is 0 Å². The number of aliphatic hydroxyl groups excluding tert-OH is 1. The molecule has 1 aromatic heterocycles. The summed E-state index contributed by atoms with van der Waals surface area (Å²) in [4.78, 5) is 1.92. The number of aliphatic hydroxyl groups is 1. The van der Waals surface area contributed by atoms with Gasteiger partial charge in [0, 0.05) is 5.54 Å². The zero-order valence-electron chi connectivity index (χ0n) is 10.5. The van der Waals surface area contributed by atoms with Crippen LogP contribution in [0.5, 0.6) is 0 Å². The summed E-state index contributed by atoms with van der Waals surface area (Å²) in [5.74, 6) is 0. The fourth-order valence-electron chi connectivity index (χ4n) is 1.98. The van der Waals surface area contributed by atoms with Crippen molar-refractivity contribution >= 4 is 28.7 Å². The fourth-order valence-corrected chi connectivity index (χ4v) is 3.08. The lowest BCUT2D eigenvalue weighted by Gasteiger charge is -2.41. The summed E-state index contributed by atoms with van der Waals surface area (Å²) in [5.41, 5.74) is 6.80. The van der Waals surface area contributed by atoms with Crippen molar-refractivity contribution in [3.05, 3.63) is 22.4 Å². The first kappa shape index (κ1) is 14.4. The molecule has 0 aliphatic heterocycles. The Labute approximate surface area is 112 Å². The SMILES string of the molecule is CC(C)(C)N(C(N)=S)[C@@H](CO)Cc1ccsc1. The Balaban J connectivity index is 2.86. The van der Waals surface area contributed by atoms with E-state index in [0.29, 0.717) is 5.11 Å². The van der Waals surface area contributed by atoms with Gasteiger partial charge >= 0.3 is 0 Å². The first-order valence-electron chi connectivity index (χ1n) is 5.57. The molecule has 0 saturated heterocycles. The molecular formula is C12H20N2OS2. The zero-order chi connectivity index (χ0) is 13.1. The van der Waals surface area contributed by atoms with Crippen LogP contribution in [0.2, 0.25) is 0 Å². The molecule has 0 spiro atoms. The van der Waals surface area contributed by atoms with Crippen LogP contribution in [-0.2, 0) is 6.42 Å². The van der Waals surface area contributed by atoms with E-state index in [0.717, 1.165) is 6.42 Å². The highest BCUT2D eigenvalue weighted by molar-refractivity contribution is 7.80. The second kappa shape index (κ2) is 5.80. The van der Waals surface area contributed by atoms with Gasteiger partial charge in [-0.2, -0.15) is 11.3 Å². The molecule has 0 aromatic carbocycles. The maximum Gasteiger partial charge on any atom is 0.167 e. The first-order valence-corrected chi connectivity index (χ1v) is 6.92. The van der Waals surface area contributed by atoms with Gasteiger partial charge < -0.3 is 15.7 Å².